The molecule has 2 N–H and O–H groups in total. The molecule has 0 radical (unpaired) electrons. The number of aromatic nitrogens is 1. The van der Waals surface area contributed by atoms with Crippen molar-refractivity contribution in [2.45, 2.75) is 39.3 Å². The van der Waals surface area contributed by atoms with Gasteiger partial charge in [0.15, 0.2) is 5.13 Å². The van der Waals surface area contributed by atoms with Crippen LogP contribution >= 0.6 is 22.7 Å². The highest BCUT2D eigenvalue weighted by Gasteiger charge is 2.28. The van der Waals surface area contributed by atoms with Gasteiger partial charge in [0.2, 0.25) is 5.91 Å². The molecule has 28 heavy (non-hydrogen) atoms. The predicted molar refractivity (Wildman–Crippen MR) is 108 cm³/mol. The van der Waals surface area contributed by atoms with E-state index in [1.807, 2.05) is 20.8 Å². The van der Waals surface area contributed by atoms with E-state index >= 15 is 0 Å². The highest BCUT2D eigenvalue weighted by molar-refractivity contribution is 7.15. The van der Waals surface area contributed by atoms with Crippen LogP contribution in [0.4, 0.5) is 9.93 Å². The lowest BCUT2D eigenvalue weighted by molar-refractivity contribution is -0.115. The van der Waals surface area contributed by atoms with E-state index in [-0.39, 0.29) is 24.5 Å². The predicted octanol–water partition coefficient (Wildman–Crippen LogP) is 2.87. The molecule has 3 heterocycles. The molecule has 8 nitrogen and oxygen atoms in total. The summed E-state index contributed by atoms with van der Waals surface area (Å²) in [5, 5.41) is 9.26. The number of nitrogens with zero attached hydrogens (tertiary/aromatic N) is 2. The van der Waals surface area contributed by atoms with Gasteiger partial charge in [-0.1, -0.05) is 11.3 Å². The van der Waals surface area contributed by atoms with E-state index in [4.69, 9.17) is 4.74 Å². The van der Waals surface area contributed by atoms with Gasteiger partial charge < -0.3 is 20.3 Å². The summed E-state index contributed by atoms with van der Waals surface area (Å²) in [6.07, 6.45) is 0.254. The Labute approximate surface area is 170 Å². The molecule has 3 amide bonds. The summed E-state index contributed by atoms with van der Waals surface area (Å²) in [7, 11) is 0. The van der Waals surface area contributed by atoms with Crippen LogP contribution in [0.3, 0.4) is 0 Å². The maximum Gasteiger partial charge on any atom is 0.410 e. The lowest BCUT2D eigenvalue weighted by Gasteiger charge is -2.29. The van der Waals surface area contributed by atoms with Crippen LogP contribution in [-0.4, -0.2) is 46.5 Å². The van der Waals surface area contributed by atoms with Crippen molar-refractivity contribution in [3.63, 3.8) is 0 Å². The van der Waals surface area contributed by atoms with Gasteiger partial charge in [0.25, 0.3) is 5.91 Å². The van der Waals surface area contributed by atoms with Crippen molar-refractivity contribution in [2.24, 2.45) is 0 Å². The topological polar surface area (TPSA) is 101 Å². The van der Waals surface area contributed by atoms with E-state index in [1.165, 1.54) is 22.7 Å². The summed E-state index contributed by atoms with van der Waals surface area (Å²) in [5.74, 6) is -0.637. The van der Waals surface area contributed by atoms with Crippen molar-refractivity contribution < 1.29 is 19.1 Å². The SMILES string of the molecule is CC(C)(C)OC(=O)N1CCc2nc(NC(=O)CNC(=O)c3ccsc3)sc2C1. The van der Waals surface area contributed by atoms with Gasteiger partial charge in [-0.05, 0) is 32.2 Å². The van der Waals surface area contributed by atoms with Crippen LogP contribution in [0.2, 0.25) is 0 Å². The third-order valence-electron chi connectivity index (χ3n) is 3.82. The van der Waals surface area contributed by atoms with E-state index < -0.39 is 5.60 Å². The Morgan fingerprint density at radius 3 is 2.79 bits per heavy atom. The van der Waals surface area contributed by atoms with Gasteiger partial charge in [0.05, 0.1) is 18.8 Å². The summed E-state index contributed by atoms with van der Waals surface area (Å²) >= 11 is 2.75. The third kappa shape index (κ3) is 5.29. The zero-order valence-corrected chi connectivity index (χ0v) is 17.5. The number of thiophene rings is 1. The molecule has 0 aromatic carbocycles. The average Bonchev–Trinajstić information content (AvgIpc) is 3.26. The summed E-state index contributed by atoms with van der Waals surface area (Å²) in [5.41, 5.74) is 0.865. The number of hydrogen-bond donors (Lipinski definition) is 2. The van der Waals surface area contributed by atoms with Crippen molar-refractivity contribution in [1.29, 1.82) is 0 Å². The first-order chi connectivity index (χ1) is 13.2. The molecular formula is C18H22N4O4S2. The Balaban J connectivity index is 1.53. The second-order valence-corrected chi connectivity index (χ2v) is 9.15. The van der Waals surface area contributed by atoms with Gasteiger partial charge in [-0.2, -0.15) is 11.3 Å². The molecule has 150 valence electrons. The van der Waals surface area contributed by atoms with Gasteiger partial charge in [0, 0.05) is 28.8 Å². The number of hydrogen-bond acceptors (Lipinski definition) is 7. The first kappa shape index (κ1) is 20.3. The zero-order chi connectivity index (χ0) is 20.3. The normalized spacial score (nSPS) is 13.6. The lowest BCUT2D eigenvalue weighted by atomic mass is 10.2. The molecular weight excluding hydrogens is 400 g/mol. The number of thiazole rings is 1. The molecule has 0 saturated heterocycles. The van der Waals surface area contributed by atoms with E-state index in [0.29, 0.717) is 30.2 Å². The molecule has 0 aliphatic carbocycles. The molecule has 2 aromatic rings. The van der Waals surface area contributed by atoms with Gasteiger partial charge in [-0.15, -0.1) is 0 Å². The van der Waals surface area contributed by atoms with E-state index in [2.05, 4.69) is 15.6 Å². The number of ether oxygens (including phenoxy) is 1. The molecule has 0 spiro atoms. The number of rotatable bonds is 4. The second kappa shape index (κ2) is 8.27. The quantitative estimate of drug-likeness (QED) is 0.789. The fraction of sp³-hybridized carbons (Fsp3) is 0.444. The minimum absolute atomic E-state index is 0.136. The Morgan fingerprint density at radius 1 is 1.32 bits per heavy atom. The molecule has 0 saturated carbocycles. The van der Waals surface area contributed by atoms with Crippen LogP contribution < -0.4 is 10.6 Å². The smallest absolute Gasteiger partial charge is 0.410 e. The third-order valence-corrected chi connectivity index (χ3v) is 5.50. The van der Waals surface area contributed by atoms with Gasteiger partial charge >= 0.3 is 6.09 Å². The van der Waals surface area contributed by atoms with Crippen molar-refractivity contribution in [2.75, 3.05) is 18.4 Å². The van der Waals surface area contributed by atoms with Crippen LogP contribution in [-0.2, 0) is 22.5 Å². The highest BCUT2D eigenvalue weighted by Crippen LogP contribution is 2.29. The molecule has 1 aliphatic rings. The molecule has 10 heteroatoms. The summed E-state index contributed by atoms with van der Waals surface area (Å²) < 4.78 is 5.41. The number of amides is 3. The largest absolute Gasteiger partial charge is 0.444 e. The highest BCUT2D eigenvalue weighted by atomic mass is 32.1. The number of anilines is 1. The molecule has 2 aromatic heterocycles. The van der Waals surface area contributed by atoms with Crippen molar-refractivity contribution >= 4 is 45.7 Å². The van der Waals surface area contributed by atoms with Crippen molar-refractivity contribution in [3.8, 4) is 0 Å². The molecule has 0 fully saturated rings. The van der Waals surface area contributed by atoms with Crippen LogP contribution in [0.15, 0.2) is 16.8 Å². The summed E-state index contributed by atoms with van der Waals surface area (Å²) in [4.78, 5) is 43.2. The molecule has 0 atom stereocenters. The average molecular weight is 423 g/mol. The first-order valence-corrected chi connectivity index (χ1v) is 10.5. The summed E-state index contributed by atoms with van der Waals surface area (Å²) in [6, 6.07) is 1.70. The van der Waals surface area contributed by atoms with Crippen LogP contribution in [0, 0.1) is 0 Å². The maximum atomic E-state index is 12.2. The zero-order valence-electron chi connectivity index (χ0n) is 15.9. The molecule has 1 aliphatic heterocycles. The van der Waals surface area contributed by atoms with Gasteiger partial charge in [-0.25, -0.2) is 9.78 Å². The monoisotopic (exact) mass is 422 g/mol. The first-order valence-electron chi connectivity index (χ1n) is 8.78. The minimum Gasteiger partial charge on any atom is -0.444 e. The fourth-order valence-electron chi connectivity index (χ4n) is 2.55. The standard InChI is InChI=1S/C18H22N4O4S2/c1-18(2,3)26-17(25)22-6-4-12-13(9-22)28-16(20-12)21-14(23)8-19-15(24)11-5-7-27-10-11/h5,7,10H,4,6,8-9H2,1-3H3,(H,19,24)(H,20,21,23). The Hall–Kier alpha value is -2.46. The van der Waals surface area contributed by atoms with Crippen LogP contribution in [0.5, 0.6) is 0 Å². The van der Waals surface area contributed by atoms with E-state index in [9.17, 15) is 14.4 Å². The second-order valence-electron chi connectivity index (χ2n) is 7.28. The van der Waals surface area contributed by atoms with E-state index in [1.54, 1.807) is 21.7 Å². The number of carbonyl (C=O) groups is 3. The van der Waals surface area contributed by atoms with Gasteiger partial charge in [0.1, 0.15) is 5.60 Å². The number of nitrogens with one attached hydrogen (secondary N) is 2. The lowest BCUT2D eigenvalue weighted by Crippen LogP contribution is -2.39. The van der Waals surface area contributed by atoms with Crippen LogP contribution in [0.1, 0.15) is 41.7 Å². The van der Waals surface area contributed by atoms with Crippen molar-refractivity contribution in [3.05, 3.63) is 33.0 Å². The summed E-state index contributed by atoms with van der Waals surface area (Å²) in [6.45, 7) is 6.29. The van der Waals surface area contributed by atoms with E-state index in [0.717, 1.165) is 10.6 Å². The number of carbonyl (C=O) groups excluding carboxylic acids is 3. The van der Waals surface area contributed by atoms with Crippen molar-refractivity contribution in [1.82, 2.24) is 15.2 Å². The Morgan fingerprint density at radius 2 is 2.11 bits per heavy atom. The Kier molecular flexibility index (Phi) is 5.99. The molecule has 3 rings (SSSR count). The fourth-order valence-corrected chi connectivity index (χ4v) is 4.23. The molecule has 0 unspecified atom stereocenters. The minimum atomic E-state index is -0.544. The maximum absolute atomic E-state index is 12.2. The van der Waals surface area contributed by atoms with Gasteiger partial charge in [-0.3, -0.25) is 9.59 Å². The number of fused-ring (bicyclic) bond motifs is 1. The Bertz CT molecular complexity index is 871. The molecule has 0 bridgehead atoms. The van der Waals surface area contributed by atoms with Crippen LogP contribution in [0.25, 0.3) is 0 Å².